The molecular formula is C39H74O5. The van der Waals surface area contributed by atoms with Gasteiger partial charge in [-0.15, -0.1) is 0 Å². The van der Waals surface area contributed by atoms with E-state index in [1.165, 1.54) is 141 Å². The van der Waals surface area contributed by atoms with E-state index in [0.717, 1.165) is 38.5 Å². The lowest BCUT2D eigenvalue weighted by Gasteiger charge is -2.15. The summed E-state index contributed by atoms with van der Waals surface area (Å²) in [7, 11) is 0. The number of rotatable bonds is 35. The van der Waals surface area contributed by atoms with E-state index in [9.17, 15) is 14.7 Å². The average Bonchev–Trinajstić information content (AvgIpc) is 3.02. The molecule has 0 radical (unpaired) electrons. The van der Waals surface area contributed by atoms with Crippen LogP contribution in [0.15, 0.2) is 12.2 Å². The summed E-state index contributed by atoms with van der Waals surface area (Å²) in [6.45, 7) is 4.06. The van der Waals surface area contributed by atoms with Gasteiger partial charge in [0, 0.05) is 12.8 Å². The Morgan fingerprint density at radius 1 is 0.500 bits per heavy atom. The Kier molecular flexibility index (Phi) is 35.0. The van der Waals surface area contributed by atoms with Gasteiger partial charge in [-0.2, -0.15) is 0 Å². The molecule has 0 bridgehead atoms. The summed E-state index contributed by atoms with van der Waals surface area (Å²) < 4.78 is 10.5. The molecule has 0 aliphatic heterocycles. The fourth-order valence-corrected chi connectivity index (χ4v) is 5.61. The van der Waals surface area contributed by atoms with E-state index in [1.807, 2.05) is 0 Å². The lowest BCUT2D eigenvalue weighted by molar-refractivity contribution is -0.161. The molecule has 0 aromatic rings. The fraction of sp³-hybridized carbons (Fsp3) is 0.897. The minimum atomic E-state index is -0.761. The number of aliphatic hydroxyl groups excluding tert-OH is 1. The van der Waals surface area contributed by atoms with Crippen LogP contribution in [0.2, 0.25) is 0 Å². The second-order valence-electron chi connectivity index (χ2n) is 13.0. The quantitative estimate of drug-likeness (QED) is 0.0432. The van der Waals surface area contributed by atoms with Crippen LogP contribution < -0.4 is 0 Å². The summed E-state index contributed by atoms with van der Waals surface area (Å²) in [5.74, 6) is -0.598. The van der Waals surface area contributed by atoms with Crippen LogP contribution in [0.25, 0.3) is 0 Å². The van der Waals surface area contributed by atoms with Gasteiger partial charge in [0.1, 0.15) is 6.61 Å². The Morgan fingerprint density at radius 3 is 1.23 bits per heavy atom. The van der Waals surface area contributed by atoms with Gasteiger partial charge in [0.25, 0.3) is 0 Å². The smallest absolute Gasteiger partial charge is 0.306 e. The Bertz CT molecular complexity index is 632. The molecule has 0 rings (SSSR count). The van der Waals surface area contributed by atoms with Crippen molar-refractivity contribution in [2.24, 2.45) is 0 Å². The highest BCUT2D eigenvalue weighted by Crippen LogP contribution is 2.15. The third-order valence-corrected chi connectivity index (χ3v) is 8.56. The molecule has 0 aliphatic carbocycles. The molecule has 0 fully saturated rings. The number of carbonyl (C=O) groups excluding carboxylic acids is 2. The number of aliphatic hydroxyl groups is 1. The van der Waals surface area contributed by atoms with Gasteiger partial charge in [0.05, 0.1) is 6.61 Å². The average molecular weight is 623 g/mol. The first-order chi connectivity index (χ1) is 21.6. The molecule has 0 aromatic heterocycles. The molecule has 1 atom stereocenters. The van der Waals surface area contributed by atoms with Crippen molar-refractivity contribution in [2.45, 2.75) is 213 Å². The van der Waals surface area contributed by atoms with Crippen LogP contribution in [0.1, 0.15) is 206 Å². The predicted molar refractivity (Wildman–Crippen MR) is 187 cm³/mol. The first-order valence-electron chi connectivity index (χ1n) is 19.2. The van der Waals surface area contributed by atoms with Crippen LogP contribution in [0, 0.1) is 0 Å². The highest BCUT2D eigenvalue weighted by atomic mass is 16.6. The summed E-state index contributed by atoms with van der Waals surface area (Å²) in [4.78, 5) is 23.9. The van der Waals surface area contributed by atoms with Gasteiger partial charge in [0.2, 0.25) is 0 Å². The number of carbonyl (C=O) groups is 2. The van der Waals surface area contributed by atoms with Crippen molar-refractivity contribution in [3.8, 4) is 0 Å². The van der Waals surface area contributed by atoms with Crippen LogP contribution in [0.5, 0.6) is 0 Å². The Balaban J connectivity index is 3.40. The Labute approximate surface area is 273 Å². The monoisotopic (exact) mass is 623 g/mol. The summed E-state index contributed by atoms with van der Waals surface area (Å²) in [6.07, 6.45) is 40.4. The lowest BCUT2D eigenvalue weighted by Crippen LogP contribution is -2.28. The van der Waals surface area contributed by atoms with Gasteiger partial charge >= 0.3 is 11.9 Å². The minimum Gasteiger partial charge on any atom is -0.462 e. The summed E-state index contributed by atoms with van der Waals surface area (Å²) in [5.41, 5.74) is 0. The molecule has 44 heavy (non-hydrogen) atoms. The second-order valence-corrected chi connectivity index (χ2v) is 13.0. The largest absolute Gasteiger partial charge is 0.462 e. The lowest BCUT2D eigenvalue weighted by atomic mass is 10.0. The highest BCUT2D eigenvalue weighted by molar-refractivity contribution is 5.70. The molecule has 1 N–H and O–H groups in total. The van der Waals surface area contributed by atoms with Gasteiger partial charge in [0.15, 0.2) is 6.10 Å². The SMILES string of the molecule is CCCCCCCCCC/C=C\CCCCCCCCCCCCCCCC(=O)OC(CO)COC(=O)CCCCCCC. The second kappa shape index (κ2) is 36.1. The van der Waals surface area contributed by atoms with Crippen molar-refractivity contribution in [3.05, 3.63) is 12.2 Å². The molecule has 260 valence electrons. The molecule has 0 saturated heterocycles. The van der Waals surface area contributed by atoms with Crippen LogP contribution in [0.3, 0.4) is 0 Å². The van der Waals surface area contributed by atoms with E-state index < -0.39 is 6.10 Å². The van der Waals surface area contributed by atoms with E-state index >= 15 is 0 Å². The zero-order valence-electron chi connectivity index (χ0n) is 29.4. The molecule has 0 heterocycles. The van der Waals surface area contributed by atoms with Crippen molar-refractivity contribution in [1.82, 2.24) is 0 Å². The molecule has 0 saturated carbocycles. The van der Waals surface area contributed by atoms with Gasteiger partial charge < -0.3 is 14.6 Å². The number of allylic oxidation sites excluding steroid dienone is 2. The molecule has 0 spiro atoms. The summed E-state index contributed by atoms with van der Waals surface area (Å²) in [5, 5.41) is 9.46. The van der Waals surface area contributed by atoms with E-state index in [2.05, 4.69) is 26.0 Å². The molecule has 5 nitrogen and oxygen atoms in total. The first kappa shape index (κ1) is 42.6. The van der Waals surface area contributed by atoms with Crippen molar-refractivity contribution in [2.75, 3.05) is 13.2 Å². The number of ether oxygens (including phenoxy) is 2. The van der Waals surface area contributed by atoms with Gasteiger partial charge in [-0.25, -0.2) is 0 Å². The molecule has 0 aromatic carbocycles. The van der Waals surface area contributed by atoms with Crippen molar-refractivity contribution in [1.29, 1.82) is 0 Å². The summed E-state index contributed by atoms with van der Waals surface area (Å²) >= 11 is 0. The Morgan fingerprint density at radius 2 is 0.841 bits per heavy atom. The van der Waals surface area contributed by atoms with Crippen LogP contribution in [-0.2, 0) is 19.1 Å². The third kappa shape index (κ3) is 33.5. The molecular weight excluding hydrogens is 548 g/mol. The van der Waals surface area contributed by atoms with Crippen molar-refractivity contribution >= 4 is 11.9 Å². The van der Waals surface area contributed by atoms with E-state index in [1.54, 1.807) is 0 Å². The summed E-state index contributed by atoms with van der Waals surface area (Å²) in [6, 6.07) is 0. The molecule has 0 amide bonds. The van der Waals surface area contributed by atoms with Gasteiger partial charge in [-0.1, -0.05) is 167 Å². The maximum atomic E-state index is 12.1. The van der Waals surface area contributed by atoms with E-state index in [4.69, 9.17) is 9.47 Å². The van der Waals surface area contributed by atoms with Crippen molar-refractivity contribution in [3.63, 3.8) is 0 Å². The minimum absolute atomic E-state index is 0.0624. The zero-order chi connectivity index (χ0) is 32.2. The fourth-order valence-electron chi connectivity index (χ4n) is 5.61. The standard InChI is InChI=1S/C39H74O5/c1-3-5-7-9-10-11-12-13-14-15-16-17-18-19-20-21-22-23-24-25-26-27-28-30-32-34-39(42)44-37(35-40)36-43-38(41)33-31-29-8-6-4-2/h15-16,37,40H,3-14,17-36H2,1-2H3/b16-15-. The van der Waals surface area contributed by atoms with Gasteiger partial charge in [-0.05, 0) is 38.5 Å². The van der Waals surface area contributed by atoms with Crippen LogP contribution in [0.4, 0.5) is 0 Å². The van der Waals surface area contributed by atoms with E-state index in [-0.39, 0.29) is 25.2 Å². The maximum absolute atomic E-state index is 12.1. The highest BCUT2D eigenvalue weighted by Gasteiger charge is 2.16. The first-order valence-corrected chi connectivity index (χ1v) is 19.2. The van der Waals surface area contributed by atoms with E-state index in [0.29, 0.717) is 12.8 Å². The Hall–Kier alpha value is -1.36. The number of unbranched alkanes of at least 4 members (excludes halogenated alkanes) is 25. The number of hydrogen-bond acceptors (Lipinski definition) is 5. The van der Waals surface area contributed by atoms with Crippen molar-refractivity contribution < 1.29 is 24.2 Å². The zero-order valence-corrected chi connectivity index (χ0v) is 29.4. The molecule has 1 unspecified atom stereocenters. The maximum Gasteiger partial charge on any atom is 0.306 e. The predicted octanol–water partition coefficient (Wildman–Crippen LogP) is 11.7. The third-order valence-electron chi connectivity index (χ3n) is 8.56. The van der Waals surface area contributed by atoms with Crippen LogP contribution in [-0.4, -0.2) is 36.4 Å². The van der Waals surface area contributed by atoms with Crippen LogP contribution >= 0.6 is 0 Å². The molecule has 0 aliphatic rings. The normalized spacial score (nSPS) is 12.2. The topological polar surface area (TPSA) is 72.8 Å². The van der Waals surface area contributed by atoms with Gasteiger partial charge in [-0.3, -0.25) is 9.59 Å². The number of hydrogen-bond donors (Lipinski definition) is 1. The molecule has 5 heteroatoms. The number of esters is 2.